The molecular weight excluding hydrogens is 262 g/mol. The van der Waals surface area contributed by atoms with Gasteiger partial charge < -0.3 is 0 Å². The maximum atomic E-state index is 13.1. The van der Waals surface area contributed by atoms with Gasteiger partial charge in [-0.2, -0.15) is 5.10 Å². The Balaban J connectivity index is 1.92. The second-order valence-electron chi connectivity index (χ2n) is 4.88. The third-order valence-electron chi connectivity index (χ3n) is 3.24. The topological polar surface area (TPSA) is 55.9 Å². The van der Waals surface area contributed by atoms with Crippen molar-refractivity contribution in [2.24, 2.45) is 12.9 Å². The van der Waals surface area contributed by atoms with Gasteiger partial charge in [0.25, 0.3) is 0 Å². The van der Waals surface area contributed by atoms with Gasteiger partial charge in [0.2, 0.25) is 0 Å². The van der Waals surface area contributed by atoms with E-state index < -0.39 is 11.6 Å². The summed E-state index contributed by atoms with van der Waals surface area (Å²) >= 11 is 0. The van der Waals surface area contributed by atoms with E-state index in [-0.39, 0.29) is 6.04 Å². The van der Waals surface area contributed by atoms with Crippen LogP contribution in [0.15, 0.2) is 30.6 Å². The molecule has 0 radical (unpaired) electrons. The molecule has 1 unspecified atom stereocenters. The van der Waals surface area contributed by atoms with Crippen LogP contribution in [-0.2, 0) is 19.9 Å². The van der Waals surface area contributed by atoms with E-state index in [2.05, 4.69) is 10.5 Å². The Morgan fingerprint density at radius 2 is 2.10 bits per heavy atom. The van der Waals surface area contributed by atoms with E-state index in [1.807, 2.05) is 19.4 Å². The van der Waals surface area contributed by atoms with Crippen LogP contribution in [0, 0.1) is 11.6 Å². The first-order valence-electron chi connectivity index (χ1n) is 6.46. The summed E-state index contributed by atoms with van der Waals surface area (Å²) in [6.45, 7) is 0. The molecule has 20 heavy (non-hydrogen) atoms. The predicted octanol–water partition coefficient (Wildman–Crippen LogP) is 1.71. The highest BCUT2D eigenvalue weighted by molar-refractivity contribution is 5.19. The molecule has 2 aromatic rings. The molecule has 4 nitrogen and oxygen atoms in total. The minimum Gasteiger partial charge on any atom is -0.276 e. The lowest BCUT2D eigenvalue weighted by Crippen LogP contribution is -2.37. The van der Waals surface area contributed by atoms with Crippen LogP contribution >= 0.6 is 0 Å². The third kappa shape index (κ3) is 3.85. The Morgan fingerprint density at radius 1 is 1.30 bits per heavy atom. The number of aryl methyl sites for hydroxylation is 2. The number of hydrazine groups is 1. The van der Waals surface area contributed by atoms with Gasteiger partial charge in [-0.3, -0.25) is 16.0 Å². The molecule has 1 atom stereocenters. The van der Waals surface area contributed by atoms with Gasteiger partial charge in [-0.25, -0.2) is 8.78 Å². The Kier molecular flexibility index (Phi) is 4.81. The molecule has 0 amide bonds. The van der Waals surface area contributed by atoms with Crippen molar-refractivity contribution in [2.45, 2.75) is 25.3 Å². The smallest absolute Gasteiger partial charge is 0.159 e. The molecule has 1 aromatic carbocycles. The van der Waals surface area contributed by atoms with Crippen molar-refractivity contribution >= 4 is 0 Å². The molecule has 0 saturated carbocycles. The van der Waals surface area contributed by atoms with Crippen molar-refractivity contribution in [3.8, 4) is 0 Å². The normalized spacial score (nSPS) is 12.6. The van der Waals surface area contributed by atoms with Gasteiger partial charge in [-0.15, -0.1) is 0 Å². The molecule has 0 aliphatic heterocycles. The molecule has 1 heterocycles. The van der Waals surface area contributed by atoms with E-state index in [1.165, 1.54) is 6.07 Å². The van der Waals surface area contributed by atoms with Gasteiger partial charge in [0.05, 0.1) is 6.20 Å². The maximum absolute atomic E-state index is 13.1. The first-order valence-corrected chi connectivity index (χ1v) is 6.46. The van der Waals surface area contributed by atoms with Crippen molar-refractivity contribution in [1.82, 2.24) is 15.2 Å². The van der Waals surface area contributed by atoms with Crippen molar-refractivity contribution < 1.29 is 8.78 Å². The molecule has 108 valence electrons. The van der Waals surface area contributed by atoms with E-state index in [1.54, 1.807) is 10.7 Å². The van der Waals surface area contributed by atoms with Crippen LogP contribution in [0.2, 0.25) is 0 Å². The number of benzene rings is 1. The highest BCUT2D eigenvalue weighted by atomic mass is 19.2. The molecule has 2 rings (SSSR count). The number of hydrogen-bond donors (Lipinski definition) is 2. The SMILES string of the molecule is Cn1cc(CCC(Cc2ccc(F)c(F)c2)NN)cn1. The fourth-order valence-corrected chi connectivity index (χ4v) is 2.14. The minimum absolute atomic E-state index is 0.0000624. The van der Waals surface area contributed by atoms with Crippen molar-refractivity contribution in [3.63, 3.8) is 0 Å². The fraction of sp³-hybridized carbons (Fsp3) is 0.357. The highest BCUT2D eigenvalue weighted by Crippen LogP contribution is 2.13. The molecule has 3 N–H and O–H groups in total. The number of nitrogens with zero attached hydrogens (tertiary/aromatic N) is 2. The summed E-state index contributed by atoms with van der Waals surface area (Å²) in [4.78, 5) is 0. The Hall–Kier alpha value is -1.79. The third-order valence-corrected chi connectivity index (χ3v) is 3.24. The summed E-state index contributed by atoms with van der Waals surface area (Å²) in [5, 5.41) is 4.10. The zero-order chi connectivity index (χ0) is 14.5. The van der Waals surface area contributed by atoms with E-state index >= 15 is 0 Å². The lowest BCUT2D eigenvalue weighted by Gasteiger charge is -2.15. The zero-order valence-corrected chi connectivity index (χ0v) is 11.3. The molecule has 0 spiro atoms. The monoisotopic (exact) mass is 280 g/mol. The van der Waals surface area contributed by atoms with E-state index in [0.717, 1.165) is 30.0 Å². The quantitative estimate of drug-likeness (QED) is 0.625. The number of hydrogen-bond acceptors (Lipinski definition) is 3. The van der Waals surface area contributed by atoms with Gasteiger partial charge in [0.15, 0.2) is 11.6 Å². The predicted molar refractivity (Wildman–Crippen MR) is 72.7 cm³/mol. The van der Waals surface area contributed by atoms with E-state index in [4.69, 9.17) is 5.84 Å². The fourth-order valence-electron chi connectivity index (χ4n) is 2.14. The van der Waals surface area contributed by atoms with Crippen LogP contribution in [0.1, 0.15) is 17.5 Å². The summed E-state index contributed by atoms with van der Waals surface area (Å²) in [5.74, 6) is 3.86. The maximum Gasteiger partial charge on any atom is 0.159 e. The molecule has 0 aliphatic carbocycles. The van der Waals surface area contributed by atoms with E-state index in [9.17, 15) is 8.78 Å². The summed E-state index contributed by atoms with van der Waals surface area (Å²) in [6.07, 6.45) is 5.93. The molecule has 0 aliphatic rings. The Bertz CT molecular complexity index is 568. The Morgan fingerprint density at radius 3 is 2.70 bits per heavy atom. The molecule has 0 saturated heterocycles. The van der Waals surface area contributed by atoms with Gasteiger partial charge in [0, 0.05) is 19.3 Å². The van der Waals surface area contributed by atoms with Crippen LogP contribution < -0.4 is 11.3 Å². The van der Waals surface area contributed by atoms with Crippen molar-refractivity contribution in [1.29, 1.82) is 0 Å². The lowest BCUT2D eigenvalue weighted by molar-refractivity contribution is 0.483. The van der Waals surface area contributed by atoms with Crippen LogP contribution in [0.25, 0.3) is 0 Å². The molecule has 0 bridgehead atoms. The van der Waals surface area contributed by atoms with Crippen LogP contribution in [0.3, 0.4) is 0 Å². The van der Waals surface area contributed by atoms with Gasteiger partial charge in [0.1, 0.15) is 0 Å². The second-order valence-corrected chi connectivity index (χ2v) is 4.88. The summed E-state index contributed by atoms with van der Waals surface area (Å²) in [7, 11) is 1.86. The summed E-state index contributed by atoms with van der Waals surface area (Å²) in [5.41, 5.74) is 4.56. The first-order chi connectivity index (χ1) is 9.58. The number of nitrogens with one attached hydrogen (secondary N) is 1. The summed E-state index contributed by atoms with van der Waals surface area (Å²) in [6, 6.07) is 3.93. The van der Waals surface area contributed by atoms with Crippen LogP contribution in [0.4, 0.5) is 8.78 Å². The number of nitrogens with two attached hydrogens (primary N) is 1. The first kappa shape index (κ1) is 14.6. The zero-order valence-electron chi connectivity index (χ0n) is 11.3. The standard InChI is InChI=1S/C14H18F2N4/c1-20-9-11(8-18-20)2-4-12(19-17)6-10-3-5-13(15)14(16)7-10/h3,5,7-9,12,19H,2,4,6,17H2,1H3. The number of aromatic nitrogens is 2. The van der Waals surface area contributed by atoms with E-state index in [0.29, 0.717) is 6.42 Å². The lowest BCUT2D eigenvalue weighted by atomic mass is 10.0. The van der Waals surface area contributed by atoms with Gasteiger partial charge in [-0.1, -0.05) is 6.07 Å². The molecular formula is C14H18F2N4. The number of rotatable bonds is 6. The van der Waals surface area contributed by atoms with Gasteiger partial charge >= 0.3 is 0 Å². The largest absolute Gasteiger partial charge is 0.276 e. The van der Waals surface area contributed by atoms with Gasteiger partial charge in [-0.05, 0) is 42.5 Å². The average molecular weight is 280 g/mol. The molecule has 1 aromatic heterocycles. The molecule has 6 heteroatoms. The average Bonchev–Trinajstić information content (AvgIpc) is 2.84. The van der Waals surface area contributed by atoms with Crippen LogP contribution in [0.5, 0.6) is 0 Å². The minimum atomic E-state index is -0.832. The van der Waals surface area contributed by atoms with Crippen molar-refractivity contribution in [2.75, 3.05) is 0 Å². The second kappa shape index (κ2) is 6.58. The van der Waals surface area contributed by atoms with Crippen molar-refractivity contribution in [3.05, 3.63) is 53.4 Å². The van der Waals surface area contributed by atoms with Crippen LogP contribution in [-0.4, -0.2) is 15.8 Å². The number of halogens is 2. The Labute approximate surface area is 116 Å². The summed E-state index contributed by atoms with van der Waals surface area (Å²) < 4.78 is 27.8. The molecule has 0 fully saturated rings. The highest BCUT2D eigenvalue weighted by Gasteiger charge is 2.11.